The van der Waals surface area contributed by atoms with Crippen molar-refractivity contribution in [3.63, 3.8) is 0 Å². The van der Waals surface area contributed by atoms with Gasteiger partial charge in [-0.25, -0.2) is 4.98 Å². The van der Waals surface area contributed by atoms with Gasteiger partial charge in [0.1, 0.15) is 17.0 Å². The number of carbonyl (C=O) groups is 1. The van der Waals surface area contributed by atoms with Gasteiger partial charge in [-0.3, -0.25) is 9.78 Å². The Morgan fingerprint density at radius 2 is 1.14 bits per heavy atom. The minimum atomic E-state index is -1.65. The SMILES string of the molecule is CCC1=C(CC)c2cc3[n-]c(cc4nc(cc5[n-]c(cc1n2)C(=O)C5(CC)CC)C(O)(CC)C4(O)CC)c(CC)c3CC.[Zn+2]. The molecule has 3 aliphatic heterocycles. The number of Topliss-reactive ketones (excluding diaryl/α,β-unsaturated/α-hetero) is 1. The van der Waals surface area contributed by atoms with Crippen molar-refractivity contribution in [2.75, 3.05) is 0 Å². The maximum atomic E-state index is 14.1. The molecule has 8 heteroatoms. The molecule has 230 valence electrons. The number of aryl methyl sites for hydroxylation is 2. The monoisotopic (exact) mass is 646 g/mol. The smallest absolute Gasteiger partial charge is 0.657 e. The number of ketones is 1. The van der Waals surface area contributed by atoms with Crippen LogP contribution >= 0.6 is 0 Å². The predicted molar refractivity (Wildman–Crippen MR) is 171 cm³/mol. The van der Waals surface area contributed by atoms with E-state index in [0.717, 1.165) is 70.4 Å². The number of rotatable bonds is 8. The van der Waals surface area contributed by atoms with Crippen LogP contribution in [0, 0.1) is 0 Å². The van der Waals surface area contributed by atoms with Crippen LogP contribution in [0.4, 0.5) is 0 Å². The summed E-state index contributed by atoms with van der Waals surface area (Å²) in [6.07, 6.45) is 4.78. The van der Waals surface area contributed by atoms with Crippen LogP contribution in [0.2, 0.25) is 0 Å². The predicted octanol–water partition coefficient (Wildman–Crippen LogP) is 6.98. The molecule has 0 saturated carbocycles. The van der Waals surface area contributed by atoms with Crippen molar-refractivity contribution in [3.8, 4) is 0 Å². The Morgan fingerprint density at radius 3 is 1.61 bits per heavy atom. The summed E-state index contributed by atoms with van der Waals surface area (Å²) in [5.41, 5.74) is 5.38. The number of hydrogen-bond acceptors (Lipinski definition) is 5. The van der Waals surface area contributed by atoms with E-state index in [1.54, 1.807) is 6.07 Å². The van der Waals surface area contributed by atoms with Gasteiger partial charge < -0.3 is 20.2 Å². The number of aromatic nitrogens is 4. The zero-order chi connectivity index (χ0) is 31.3. The average Bonchev–Trinajstić information content (AvgIpc) is 3.67. The van der Waals surface area contributed by atoms with Gasteiger partial charge in [0.05, 0.1) is 22.8 Å². The van der Waals surface area contributed by atoms with E-state index < -0.39 is 16.6 Å². The molecule has 2 aromatic rings. The second-order valence-corrected chi connectivity index (χ2v) is 12.0. The standard InChI is InChI=1S/C36H47N4O3.Zn/c1-9-21-22(10-2)27-18-29-33(41)34(13-5,14-6)30(39-29)20-32-36(43,16-8)35(42,15-7)31(40-32)19-28-24(12-4)23(11-3)26(38-28)17-25(21)37-27;/h17-20,42-43H,9-16H2,1-8H3,(H-,37,38,39,40,41);/q-1;+2/p-1. The van der Waals surface area contributed by atoms with E-state index in [2.05, 4.69) is 33.8 Å². The third-order valence-corrected chi connectivity index (χ3v) is 10.4. The van der Waals surface area contributed by atoms with Gasteiger partial charge in [0, 0.05) is 5.41 Å². The van der Waals surface area contributed by atoms with E-state index in [1.807, 2.05) is 39.8 Å². The molecule has 2 N–H and O–H groups in total. The van der Waals surface area contributed by atoms with Gasteiger partial charge in [0.15, 0.2) is 0 Å². The second-order valence-electron chi connectivity index (χ2n) is 12.0. The van der Waals surface area contributed by atoms with Gasteiger partial charge in [0.2, 0.25) is 0 Å². The Bertz CT molecular complexity index is 1680. The fourth-order valence-corrected chi connectivity index (χ4v) is 7.56. The molecule has 2 unspecified atom stereocenters. The number of hydrogen-bond donors (Lipinski definition) is 2. The van der Waals surface area contributed by atoms with E-state index >= 15 is 0 Å². The first-order chi connectivity index (χ1) is 20.6. The van der Waals surface area contributed by atoms with E-state index in [1.165, 1.54) is 0 Å². The average molecular weight is 648 g/mol. The van der Waals surface area contributed by atoms with E-state index in [9.17, 15) is 15.0 Å². The van der Waals surface area contributed by atoms with Crippen molar-refractivity contribution in [1.82, 2.24) is 19.9 Å². The molecule has 44 heavy (non-hydrogen) atoms. The summed E-state index contributed by atoms with van der Waals surface area (Å²) < 4.78 is 0. The summed E-state index contributed by atoms with van der Waals surface area (Å²) in [7, 11) is 0. The first-order valence-electron chi connectivity index (χ1n) is 16.2. The van der Waals surface area contributed by atoms with E-state index in [0.29, 0.717) is 35.6 Å². The van der Waals surface area contributed by atoms with Crippen LogP contribution in [-0.4, -0.2) is 26.0 Å². The Balaban J connectivity index is 0.00000442. The summed E-state index contributed by atoms with van der Waals surface area (Å²) in [4.78, 5) is 34.2. The third-order valence-electron chi connectivity index (χ3n) is 10.4. The van der Waals surface area contributed by atoms with Crippen molar-refractivity contribution >= 4 is 28.0 Å². The first kappa shape index (κ1) is 34.2. The number of allylic oxidation sites excluding steroid dienone is 2. The Kier molecular flexibility index (Phi) is 9.81. The molecule has 8 bridgehead atoms. The normalized spacial score (nSPS) is 21.8. The maximum Gasteiger partial charge on any atom is 2.00 e. The van der Waals surface area contributed by atoms with Crippen LogP contribution in [0.25, 0.3) is 22.2 Å². The van der Waals surface area contributed by atoms with Crippen molar-refractivity contribution in [2.45, 2.75) is 123 Å². The van der Waals surface area contributed by atoms with Crippen LogP contribution in [0.3, 0.4) is 0 Å². The van der Waals surface area contributed by atoms with Gasteiger partial charge in [-0.2, -0.15) is 0 Å². The van der Waals surface area contributed by atoms with Crippen LogP contribution in [0.15, 0.2) is 24.3 Å². The van der Waals surface area contributed by atoms with Crippen LogP contribution < -0.4 is 9.97 Å². The topological polar surface area (TPSA) is 112 Å². The molecule has 0 saturated heterocycles. The molecule has 0 aromatic carbocycles. The molecule has 0 radical (unpaired) electrons. The van der Waals surface area contributed by atoms with Crippen LogP contribution in [-0.2, 0) is 48.9 Å². The van der Waals surface area contributed by atoms with Gasteiger partial charge in [-0.15, -0.1) is 16.7 Å². The number of nitrogens with zero attached hydrogens (tertiary/aromatic N) is 4. The molecule has 0 aliphatic carbocycles. The van der Waals surface area contributed by atoms with Gasteiger partial charge in [-0.1, -0.05) is 90.4 Å². The van der Waals surface area contributed by atoms with Crippen LogP contribution in [0.5, 0.6) is 0 Å². The summed E-state index contributed by atoms with van der Waals surface area (Å²) in [6.45, 7) is 16.2. The van der Waals surface area contributed by atoms with E-state index in [-0.39, 0.29) is 38.1 Å². The van der Waals surface area contributed by atoms with E-state index in [4.69, 9.17) is 19.9 Å². The quantitative estimate of drug-likeness (QED) is 0.297. The zero-order valence-electron chi connectivity index (χ0n) is 27.8. The number of fused-ring (bicyclic) bond motifs is 8. The van der Waals surface area contributed by atoms with Crippen LogP contribution in [0.1, 0.15) is 144 Å². The molecule has 3 aliphatic rings. The van der Waals surface area contributed by atoms with Gasteiger partial charge >= 0.3 is 19.5 Å². The Hall–Kier alpha value is -2.67. The molecule has 7 nitrogen and oxygen atoms in total. The molecular weight excluding hydrogens is 602 g/mol. The molecule has 0 amide bonds. The third kappa shape index (κ3) is 4.75. The molecular formula is C36H46N4O3Zn. The Labute approximate surface area is 274 Å². The van der Waals surface area contributed by atoms with Gasteiger partial charge in [0.25, 0.3) is 0 Å². The fraction of sp³-hybridized carbons (Fsp3) is 0.528. The van der Waals surface area contributed by atoms with Crippen molar-refractivity contribution in [1.29, 1.82) is 0 Å². The first-order valence-corrected chi connectivity index (χ1v) is 16.2. The number of aliphatic hydroxyl groups is 2. The molecule has 5 rings (SSSR count). The summed E-state index contributed by atoms with van der Waals surface area (Å²) in [5.74, 6) is -0.0374. The largest absolute Gasteiger partial charge is 2.00 e. The molecule has 0 fully saturated rings. The minimum absolute atomic E-state index is 0. The summed E-state index contributed by atoms with van der Waals surface area (Å²) in [5, 5.41) is 24.3. The Morgan fingerprint density at radius 1 is 0.636 bits per heavy atom. The van der Waals surface area contributed by atoms with Crippen molar-refractivity contribution in [2.24, 2.45) is 0 Å². The number of carbonyl (C=O) groups excluding carboxylic acids is 1. The minimum Gasteiger partial charge on any atom is -0.657 e. The molecule has 2 aromatic heterocycles. The molecule has 2 atom stereocenters. The summed E-state index contributed by atoms with van der Waals surface area (Å²) in [6, 6.07) is 7.54. The summed E-state index contributed by atoms with van der Waals surface area (Å²) >= 11 is 0. The zero-order valence-corrected chi connectivity index (χ0v) is 30.7. The molecule has 5 heterocycles. The van der Waals surface area contributed by atoms with Crippen molar-refractivity contribution in [3.05, 3.63) is 69.6 Å². The van der Waals surface area contributed by atoms with Gasteiger partial charge in [-0.05, 0) is 68.6 Å². The van der Waals surface area contributed by atoms with Crippen molar-refractivity contribution < 1.29 is 34.5 Å². The maximum absolute atomic E-state index is 14.1. The fourth-order valence-electron chi connectivity index (χ4n) is 7.56. The molecule has 0 spiro atoms. The second kappa shape index (κ2) is 12.6.